The van der Waals surface area contributed by atoms with Gasteiger partial charge in [-0.2, -0.15) is 0 Å². The van der Waals surface area contributed by atoms with Crippen molar-refractivity contribution < 1.29 is 4.39 Å². The number of hydrogen-bond acceptors (Lipinski definition) is 1. The first-order chi connectivity index (χ1) is 6.16. The summed E-state index contributed by atoms with van der Waals surface area (Å²) in [5, 5.41) is 0.939. The van der Waals surface area contributed by atoms with Gasteiger partial charge < -0.3 is 4.98 Å². The third-order valence-electron chi connectivity index (χ3n) is 1.75. The van der Waals surface area contributed by atoms with E-state index in [1.54, 1.807) is 6.07 Å². The largest absolute Gasteiger partial charge is 0.322 e. The first kappa shape index (κ1) is 8.26. The summed E-state index contributed by atoms with van der Waals surface area (Å²) in [6.07, 6.45) is 0. The van der Waals surface area contributed by atoms with Crippen LogP contribution in [0.2, 0.25) is 5.02 Å². The summed E-state index contributed by atoms with van der Waals surface area (Å²) < 4.78 is 12.8. The Morgan fingerprint density at radius 1 is 1.31 bits per heavy atom. The fourth-order valence-electron chi connectivity index (χ4n) is 1.19. The topological polar surface area (TPSA) is 32.9 Å². The molecule has 0 bridgehead atoms. The quantitative estimate of drug-likeness (QED) is 0.689. The molecule has 1 aromatic heterocycles. The predicted molar refractivity (Wildman–Crippen MR) is 49.5 cm³/mol. The minimum Gasteiger partial charge on any atom is -0.322 e. The van der Waals surface area contributed by atoms with E-state index in [0.717, 1.165) is 0 Å². The second-order valence-electron chi connectivity index (χ2n) is 2.67. The zero-order valence-corrected chi connectivity index (χ0v) is 7.23. The molecule has 2 nitrogen and oxygen atoms in total. The highest BCUT2D eigenvalue weighted by atomic mass is 35.5. The van der Waals surface area contributed by atoms with E-state index in [4.69, 9.17) is 11.6 Å². The van der Waals surface area contributed by atoms with E-state index in [0.29, 0.717) is 15.9 Å². The fourth-order valence-corrected chi connectivity index (χ4v) is 1.46. The Morgan fingerprint density at radius 2 is 2.08 bits per heavy atom. The van der Waals surface area contributed by atoms with Crippen LogP contribution in [0.25, 0.3) is 10.9 Å². The maximum absolute atomic E-state index is 12.8. The molecule has 0 radical (unpaired) electrons. The van der Waals surface area contributed by atoms with E-state index >= 15 is 0 Å². The van der Waals surface area contributed by atoms with Gasteiger partial charge in [-0.1, -0.05) is 11.6 Å². The number of halogens is 2. The third kappa shape index (κ3) is 1.42. The van der Waals surface area contributed by atoms with E-state index in [1.807, 2.05) is 0 Å². The van der Waals surface area contributed by atoms with Crippen molar-refractivity contribution in [3.8, 4) is 0 Å². The number of rotatable bonds is 0. The molecule has 13 heavy (non-hydrogen) atoms. The van der Waals surface area contributed by atoms with Gasteiger partial charge in [0, 0.05) is 11.5 Å². The Balaban J connectivity index is 2.94. The number of hydrogen-bond donors (Lipinski definition) is 1. The molecule has 0 aliphatic heterocycles. The summed E-state index contributed by atoms with van der Waals surface area (Å²) in [5.74, 6) is -0.459. The molecule has 2 aromatic rings. The van der Waals surface area contributed by atoms with Gasteiger partial charge in [-0.05, 0) is 18.2 Å². The molecule has 4 heteroatoms. The van der Waals surface area contributed by atoms with Gasteiger partial charge in [-0.15, -0.1) is 0 Å². The minimum absolute atomic E-state index is 0.269. The van der Waals surface area contributed by atoms with E-state index in [-0.39, 0.29) is 5.56 Å². The molecule has 0 amide bonds. The van der Waals surface area contributed by atoms with E-state index in [9.17, 15) is 9.18 Å². The molecule has 1 N–H and O–H groups in total. The zero-order valence-electron chi connectivity index (χ0n) is 6.47. The molecule has 0 aliphatic rings. The Labute approximate surface area is 78.0 Å². The number of benzene rings is 1. The van der Waals surface area contributed by atoms with E-state index in [2.05, 4.69) is 4.98 Å². The molecule has 2 rings (SSSR count). The van der Waals surface area contributed by atoms with Crippen LogP contribution in [0.15, 0.2) is 29.1 Å². The van der Waals surface area contributed by atoms with Crippen molar-refractivity contribution in [2.45, 2.75) is 0 Å². The van der Waals surface area contributed by atoms with Gasteiger partial charge in [-0.25, -0.2) is 4.39 Å². The molecular weight excluding hydrogens is 192 g/mol. The number of aromatic amines is 1. The van der Waals surface area contributed by atoms with Crippen LogP contribution in [0.1, 0.15) is 0 Å². The average Bonchev–Trinajstić information content (AvgIpc) is 2.02. The molecule has 1 aromatic carbocycles. The van der Waals surface area contributed by atoms with Crippen molar-refractivity contribution >= 4 is 22.5 Å². The Morgan fingerprint density at radius 3 is 2.85 bits per heavy atom. The molecule has 0 fully saturated rings. The second kappa shape index (κ2) is 2.85. The third-order valence-corrected chi connectivity index (χ3v) is 2.07. The van der Waals surface area contributed by atoms with Gasteiger partial charge in [0.15, 0.2) is 0 Å². The van der Waals surface area contributed by atoms with Crippen LogP contribution in [0.5, 0.6) is 0 Å². The van der Waals surface area contributed by atoms with Crippen LogP contribution in [0.4, 0.5) is 4.39 Å². The smallest absolute Gasteiger partial charge is 0.248 e. The van der Waals surface area contributed by atoms with Gasteiger partial charge >= 0.3 is 0 Å². The number of pyridine rings is 1. The summed E-state index contributed by atoms with van der Waals surface area (Å²) in [5.41, 5.74) is 0.145. The summed E-state index contributed by atoms with van der Waals surface area (Å²) in [6, 6.07) is 5.37. The van der Waals surface area contributed by atoms with Crippen molar-refractivity contribution in [2.24, 2.45) is 0 Å². The number of H-pyrrole nitrogens is 1. The zero-order chi connectivity index (χ0) is 9.42. The number of aromatic nitrogens is 1. The lowest BCUT2D eigenvalue weighted by Gasteiger charge is -1.99. The molecular formula is C9H5ClFNO. The van der Waals surface area contributed by atoms with E-state index < -0.39 is 5.82 Å². The molecule has 0 atom stereocenters. The Kier molecular flexibility index (Phi) is 1.81. The average molecular weight is 197 g/mol. The molecule has 0 spiro atoms. The van der Waals surface area contributed by atoms with Gasteiger partial charge in [0.2, 0.25) is 5.56 Å². The Hall–Kier alpha value is -1.35. The second-order valence-corrected chi connectivity index (χ2v) is 3.08. The van der Waals surface area contributed by atoms with Crippen molar-refractivity contribution in [2.75, 3.05) is 0 Å². The molecule has 0 saturated heterocycles. The molecule has 66 valence electrons. The summed E-state index contributed by atoms with van der Waals surface area (Å²) in [7, 11) is 0. The predicted octanol–water partition coefficient (Wildman–Crippen LogP) is 2.32. The molecule has 0 aliphatic carbocycles. The minimum atomic E-state index is -0.459. The lowest BCUT2D eigenvalue weighted by molar-refractivity contribution is 0.629. The van der Waals surface area contributed by atoms with Crippen LogP contribution >= 0.6 is 11.6 Å². The van der Waals surface area contributed by atoms with Gasteiger partial charge in [0.05, 0.1) is 10.5 Å². The first-order valence-corrected chi connectivity index (χ1v) is 4.03. The fraction of sp³-hybridized carbons (Fsp3) is 0. The molecule has 0 saturated carbocycles. The highest BCUT2D eigenvalue weighted by molar-refractivity contribution is 6.35. The van der Waals surface area contributed by atoms with Crippen LogP contribution in [0.3, 0.4) is 0 Å². The summed E-state index contributed by atoms with van der Waals surface area (Å²) >= 11 is 5.75. The highest BCUT2D eigenvalue weighted by Crippen LogP contribution is 2.21. The summed E-state index contributed by atoms with van der Waals surface area (Å²) in [4.78, 5) is 13.4. The molecule has 1 heterocycles. The standard InChI is InChI=1S/C9H5ClFNO/c10-7-3-5(11)4-8-6(7)1-2-9(13)12-8/h1-4H,(H,12,13)/i11-1. The van der Waals surface area contributed by atoms with Crippen LogP contribution in [-0.4, -0.2) is 4.98 Å². The maximum Gasteiger partial charge on any atom is 0.248 e. The van der Waals surface area contributed by atoms with Crippen LogP contribution in [0, 0.1) is 5.82 Å². The van der Waals surface area contributed by atoms with Crippen LogP contribution in [-0.2, 0) is 0 Å². The van der Waals surface area contributed by atoms with Gasteiger partial charge in [0.25, 0.3) is 0 Å². The monoisotopic (exact) mass is 196 g/mol. The number of nitrogens with one attached hydrogen (secondary N) is 1. The Bertz CT molecular complexity index is 520. The van der Waals surface area contributed by atoms with Crippen molar-refractivity contribution in [3.63, 3.8) is 0 Å². The van der Waals surface area contributed by atoms with Gasteiger partial charge in [0.1, 0.15) is 5.82 Å². The lowest BCUT2D eigenvalue weighted by Crippen LogP contribution is -2.02. The van der Waals surface area contributed by atoms with Crippen molar-refractivity contribution in [1.82, 2.24) is 4.98 Å². The van der Waals surface area contributed by atoms with Gasteiger partial charge in [-0.3, -0.25) is 4.79 Å². The highest BCUT2D eigenvalue weighted by Gasteiger charge is 2.01. The maximum atomic E-state index is 12.8. The lowest BCUT2D eigenvalue weighted by atomic mass is 10.2. The van der Waals surface area contributed by atoms with Crippen molar-refractivity contribution in [3.05, 3.63) is 45.5 Å². The van der Waals surface area contributed by atoms with E-state index in [1.165, 1.54) is 18.2 Å². The summed E-state index contributed by atoms with van der Waals surface area (Å²) in [6.45, 7) is 0. The molecule has 0 unspecified atom stereocenters. The first-order valence-electron chi connectivity index (χ1n) is 3.65. The number of fused-ring (bicyclic) bond motifs is 1. The SMILES string of the molecule is O=c1ccc2c(Cl)cc([18F])cc2[nH]1. The van der Waals surface area contributed by atoms with Crippen molar-refractivity contribution in [1.29, 1.82) is 0 Å². The van der Waals surface area contributed by atoms with Crippen LogP contribution < -0.4 is 5.56 Å². The normalized spacial score (nSPS) is 10.6.